The number of hydrogen-bond acceptors (Lipinski definition) is 4. The molecule has 1 aromatic rings. The molecule has 1 saturated heterocycles. The minimum absolute atomic E-state index is 0.213. The molecule has 0 saturated carbocycles. The number of nitrogens with zero attached hydrogens (tertiary/aromatic N) is 1. The zero-order valence-electron chi connectivity index (χ0n) is 13.0. The van der Waals surface area contributed by atoms with E-state index in [1.165, 1.54) is 0 Å². The Morgan fingerprint density at radius 2 is 1.95 bits per heavy atom. The second kappa shape index (κ2) is 7.31. The number of carbonyl (C=O) groups excluding carboxylic acids is 1. The van der Waals surface area contributed by atoms with E-state index in [4.69, 9.17) is 9.47 Å². The minimum atomic E-state index is 0.213. The predicted octanol–water partition coefficient (Wildman–Crippen LogP) is 1.46. The normalized spacial score (nSPS) is 18.4. The van der Waals surface area contributed by atoms with Crippen LogP contribution in [0, 0.1) is 0 Å². The van der Waals surface area contributed by atoms with Crippen molar-refractivity contribution in [1.29, 1.82) is 0 Å². The molecule has 1 N–H and O–H groups in total. The molecule has 1 amide bonds. The maximum absolute atomic E-state index is 12.3. The molecular formula is C16H24N2O3. The van der Waals surface area contributed by atoms with Crippen LogP contribution in [0.15, 0.2) is 18.2 Å². The van der Waals surface area contributed by atoms with Gasteiger partial charge in [-0.25, -0.2) is 0 Å². The Labute approximate surface area is 126 Å². The van der Waals surface area contributed by atoms with Crippen LogP contribution in [-0.2, 0) is 11.2 Å². The van der Waals surface area contributed by atoms with Gasteiger partial charge in [0.1, 0.15) is 11.5 Å². The van der Waals surface area contributed by atoms with Crippen molar-refractivity contribution in [2.75, 3.05) is 33.9 Å². The number of methoxy groups -OCH3 is 2. The van der Waals surface area contributed by atoms with E-state index < -0.39 is 0 Å². The Bertz CT molecular complexity index is 468. The van der Waals surface area contributed by atoms with Crippen LogP contribution in [0.5, 0.6) is 11.5 Å². The molecule has 5 nitrogen and oxygen atoms in total. The average molecular weight is 292 g/mol. The molecule has 1 heterocycles. The molecule has 0 spiro atoms. The van der Waals surface area contributed by atoms with Gasteiger partial charge in [-0.3, -0.25) is 4.79 Å². The van der Waals surface area contributed by atoms with E-state index in [9.17, 15) is 4.79 Å². The van der Waals surface area contributed by atoms with E-state index >= 15 is 0 Å². The first-order valence-corrected chi connectivity index (χ1v) is 7.35. The smallest absolute Gasteiger partial charge is 0.222 e. The number of aryl methyl sites for hydroxylation is 1. The summed E-state index contributed by atoms with van der Waals surface area (Å²) in [7, 11) is 3.26. The van der Waals surface area contributed by atoms with E-state index in [1.54, 1.807) is 14.2 Å². The fraction of sp³-hybridized carbons (Fsp3) is 0.562. The van der Waals surface area contributed by atoms with Gasteiger partial charge in [-0.05, 0) is 31.0 Å². The van der Waals surface area contributed by atoms with Crippen LogP contribution in [0.2, 0.25) is 0 Å². The molecule has 0 aromatic heterocycles. The summed E-state index contributed by atoms with van der Waals surface area (Å²) in [6, 6.07) is 6.12. The molecule has 2 rings (SSSR count). The van der Waals surface area contributed by atoms with Gasteiger partial charge >= 0.3 is 0 Å². The number of piperazine rings is 1. The SMILES string of the molecule is COc1cc(CCC(=O)N2CCNC(C)C2)cc(OC)c1. The van der Waals surface area contributed by atoms with Crippen LogP contribution in [-0.4, -0.2) is 50.7 Å². The highest BCUT2D eigenvalue weighted by molar-refractivity contribution is 5.76. The Kier molecular flexibility index (Phi) is 5.44. The van der Waals surface area contributed by atoms with Crippen LogP contribution in [0.4, 0.5) is 0 Å². The van der Waals surface area contributed by atoms with Crippen molar-refractivity contribution < 1.29 is 14.3 Å². The molecular weight excluding hydrogens is 268 g/mol. The van der Waals surface area contributed by atoms with Crippen LogP contribution < -0.4 is 14.8 Å². The van der Waals surface area contributed by atoms with E-state index in [2.05, 4.69) is 12.2 Å². The molecule has 5 heteroatoms. The molecule has 0 radical (unpaired) electrons. The van der Waals surface area contributed by atoms with Gasteiger partial charge in [0.2, 0.25) is 5.91 Å². The average Bonchev–Trinajstić information content (AvgIpc) is 2.52. The van der Waals surface area contributed by atoms with Crippen molar-refractivity contribution in [3.63, 3.8) is 0 Å². The van der Waals surface area contributed by atoms with E-state index in [-0.39, 0.29) is 5.91 Å². The van der Waals surface area contributed by atoms with Gasteiger partial charge in [0.05, 0.1) is 14.2 Å². The number of benzene rings is 1. The number of ether oxygens (including phenoxy) is 2. The summed E-state index contributed by atoms with van der Waals surface area (Å²) in [6.07, 6.45) is 1.22. The summed E-state index contributed by atoms with van der Waals surface area (Å²) in [5.74, 6) is 1.73. The van der Waals surface area contributed by atoms with Crippen molar-refractivity contribution >= 4 is 5.91 Å². The third kappa shape index (κ3) is 4.36. The lowest BCUT2D eigenvalue weighted by molar-refractivity contribution is -0.132. The summed E-state index contributed by atoms with van der Waals surface area (Å²) in [5.41, 5.74) is 1.06. The molecule has 0 bridgehead atoms. The van der Waals surface area contributed by atoms with Crippen molar-refractivity contribution in [2.24, 2.45) is 0 Å². The second-order valence-electron chi connectivity index (χ2n) is 5.42. The van der Waals surface area contributed by atoms with Crippen molar-refractivity contribution in [3.8, 4) is 11.5 Å². The lowest BCUT2D eigenvalue weighted by atomic mass is 10.1. The Hall–Kier alpha value is -1.75. The van der Waals surface area contributed by atoms with Gasteiger partial charge in [0, 0.05) is 38.2 Å². The maximum atomic E-state index is 12.3. The molecule has 1 aromatic carbocycles. The zero-order chi connectivity index (χ0) is 15.2. The Morgan fingerprint density at radius 3 is 2.52 bits per heavy atom. The highest BCUT2D eigenvalue weighted by Gasteiger charge is 2.20. The number of rotatable bonds is 5. The van der Waals surface area contributed by atoms with Gasteiger partial charge in [0.25, 0.3) is 0 Å². The molecule has 21 heavy (non-hydrogen) atoms. The third-order valence-corrected chi connectivity index (χ3v) is 3.76. The van der Waals surface area contributed by atoms with Crippen molar-refractivity contribution in [1.82, 2.24) is 10.2 Å². The van der Waals surface area contributed by atoms with Gasteiger partial charge in [-0.1, -0.05) is 0 Å². The number of nitrogens with one attached hydrogen (secondary N) is 1. The number of hydrogen-bond donors (Lipinski definition) is 1. The molecule has 1 aliphatic rings. The van der Waals surface area contributed by atoms with Crippen LogP contribution in [0.3, 0.4) is 0 Å². The first kappa shape index (κ1) is 15.6. The molecule has 1 aliphatic heterocycles. The fourth-order valence-electron chi connectivity index (χ4n) is 2.58. The lowest BCUT2D eigenvalue weighted by Gasteiger charge is -2.32. The topological polar surface area (TPSA) is 50.8 Å². The second-order valence-corrected chi connectivity index (χ2v) is 5.42. The molecule has 116 valence electrons. The lowest BCUT2D eigenvalue weighted by Crippen LogP contribution is -2.51. The number of carbonyl (C=O) groups is 1. The van der Waals surface area contributed by atoms with E-state index in [0.29, 0.717) is 18.9 Å². The summed E-state index contributed by atoms with van der Waals surface area (Å²) in [5, 5.41) is 3.34. The first-order valence-electron chi connectivity index (χ1n) is 7.35. The quantitative estimate of drug-likeness (QED) is 0.892. The Balaban J connectivity index is 1.94. The van der Waals surface area contributed by atoms with Crippen LogP contribution in [0.1, 0.15) is 18.9 Å². The zero-order valence-corrected chi connectivity index (χ0v) is 13.0. The molecule has 1 atom stereocenters. The molecule has 1 fully saturated rings. The molecule has 0 aliphatic carbocycles. The minimum Gasteiger partial charge on any atom is -0.497 e. The first-order chi connectivity index (χ1) is 10.1. The highest BCUT2D eigenvalue weighted by Crippen LogP contribution is 2.23. The van der Waals surface area contributed by atoms with Gasteiger partial charge < -0.3 is 19.7 Å². The summed E-state index contributed by atoms with van der Waals surface area (Å²) >= 11 is 0. The standard InChI is InChI=1S/C16H24N2O3/c1-12-11-18(7-6-17-12)16(19)5-4-13-8-14(20-2)10-15(9-13)21-3/h8-10,12,17H,4-7,11H2,1-3H3. The summed E-state index contributed by atoms with van der Waals surface area (Å²) in [6.45, 7) is 4.57. The van der Waals surface area contributed by atoms with Crippen LogP contribution in [0.25, 0.3) is 0 Å². The monoisotopic (exact) mass is 292 g/mol. The largest absolute Gasteiger partial charge is 0.497 e. The maximum Gasteiger partial charge on any atom is 0.222 e. The highest BCUT2D eigenvalue weighted by atomic mass is 16.5. The number of amides is 1. The van der Waals surface area contributed by atoms with Gasteiger partial charge in [-0.2, -0.15) is 0 Å². The summed E-state index contributed by atoms with van der Waals surface area (Å²) in [4.78, 5) is 14.2. The van der Waals surface area contributed by atoms with E-state index in [1.807, 2.05) is 23.1 Å². The fourth-order valence-corrected chi connectivity index (χ4v) is 2.58. The Morgan fingerprint density at radius 1 is 1.29 bits per heavy atom. The van der Waals surface area contributed by atoms with Crippen molar-refractivity contribution in [2.45, 2.75) is 25.8 Å². The predicted molar refractivity (Wildman–Crippen MR) is 81.9 cm³/mol. The third-order valence-electron chi connectivity index (χ3n) is 3.76. The van der Waals surface area contributed by atoms with Gasteiger partial charge in [-0.15, -0.1) is 0 Å². The van der Waals surface area contributed by atoms with Gasteiger partial charge in [0.15, 0.2) is 0 Å². The van der Waals surface area contributed by atoms with Crippen LogP contribution >= 0.6 is 0 Å². The summed E-state index contributed by atoms with van der Waals surface area (Å²) < 4.78 is 10.5. The molecule has 1 unspecified atom stereocenters. The van der Waals surface area contributed by atoms with E-state index in [0.717, 1.165) is 36.7 Å². The van der Waals surface area contributed by atoms with Crippen molar-refractivity contribution in [3.05, 3.63) is 23.8 Å².